The van der Waals surface area contributed by atoms with E-state index in [-0.39, 0.29) is 5.10 Å². The molecule has 0 aromatic rings. The van der Waals surface area contributed by atoms with Crippen molar-refractivity contribution in [3.63, 3.8) is 0 Å². The lowest BCUT2D eigenvalue weighted by atomic mass is 29.4. The summed E-state index contributed by atoms with van der Waals surface area (Å²) in [6.07, 6.45) is 0. The highest BCUT2D eigenvalue weighted by Crippen LogP contribution is 2.81. The van der Waals surface area contributed by atoms with Crippen molar-refractivity contribution in [3.05, 3.63) is 0 Å². The van der Waals surface area contributed by atoms with Gasteiger partial charge in [0, 0.05) is 12.1 Å². The molecule has 5 heteroatoms. The van der Waals surface area contributed by atoms with Crippen LogP contribution in [-0.4, -0.2) is 0 Å². The van der Waals surface area contributed by atoms with Gasteiger partial charge in [0.15, 0.2) is 0 Å². The van der Waals surface area contributed by atoms with Gasteiger partial charge in [-0.15, -0.1) is 0 Å². The zero-order valence-electron chi connectivity index (χ0n) is 2.17. The predicted octanol–water partition coefficient (Wildman–Crippen LogP) is 2.75. The quantitative estimate of drug-likeness (QED) is 0.499. The first-order valence-corrected chi connectivity index (χ1v) is 8.60. The van der Waals surface area contributed by atoms with Gasteiger partial charge in [-0.05, 0) is 11.8 Å². The first-order chi connectivity index (χ1) is 2.39. The average Bonchev–Trinajstić information content (AvgIpc) is 1.30. The van der Waals surface area contributed by atoms with Crippen LogP contribution in [0.25, 0.3) is 0 Å². The van der Waals surface area contributed by atoms with Crippen molar-refractivity contribution in [1.82, 2.24) is 0 Å². The van der Waals surface area contributed by atoms with E-state index >= 15 is 0 Å². The van der Waals surface area contributed by atoms with Crippen molar-refractivity contribution in [1.29, 1.82) is 0 Å². The number of hydrogen-bond acceptors (Lipinski definition) is 3. The Bertz CT molecular complexity index is 51.9. The Balaban J connectivity index is 2.32. The van der Waals surface area contributed by atoms with Crippen LogP contribution in [0.1, 0.15) is 0 Å². The van der Waals surface area contributed by atoms with E-state index in [2.05, 4.69) is 0 Å². The normalized spacial score (nSPS) is 34.0. The molecular weight excluding hydrogens is 158 g/mol. The third-order valence-corrected chi connectivity index (χ3v) is 18.1. The molecule has 0 aromatic carbocycles. The summed E-state index contributed by atoms with van der Waals surface area (Å²) in [6.45, 7) is 1.06. The van der Waals surface area contributed by atoms with Crippen LogP contribution in [0.2, 0.25) is 0 Å². The maximum atomic E-state index is 4.86. The van der Waals surface area contributed by atoms with Gasteiger partial charge >= 0.3 is 0 Å². The van der Waals surface area contributed by atoms with Crippen LogP contribution in [0.4, 0.5) is 0 Å². The second kappa shape index (κ2) is 2.09. The fourth-order valence-corrected chi connectivity index (χ4v) is 10.4. The standard InChI is InChI=1S/HP2S3/c3-2-4-1-5-2/h1H. The molecule has 0 atom stereocenters. The molecular formula is HP2S3. The van der Waals surface area contributed by atoms with Crippen LogP contribution in [-0.2, 0) is 11.8 Å². The first-order valence-electron chi connectivity index (χ1n) is 0.956. The molecule has 5 heavy (non-hydrogen) atoms. The van der Waals surface area contributed by atoms with E-state index in [4.69, 9.17) is 11.8 Å². The fraction of sp³-hybridized carbons (Fsp3) is 0. The molecule has 0 N–H and O–H groups in total. The molecule has 1 rings (SSSR count). The van der Waals surface area contributed by atoms with Gasteiger partial charge < -0.3 is 0 Å². The van der Waals surface area contributed by atoms with E-state index in [0.29, 0.717) is 0 Å². The summed E-state index contributed by atoms with van der Waals surface area (Å²) in [5, 5.41) is 0.0113. The van der Waals surface area contributed by atoms with Crippen molar-refractivity contribution in [2.24, 2.45) is 0 Å². The highest BCUT2D eigenvalue weighted by molar-refractivity contribution is 9.34. The lowest BCUT2D eigenvalue weighted by molar-refractivity contribution is 5.16. The Hall–Kier alpha value is 1.65. The van der Waals surface area contributed by atoms with Gasteiger partial charge in [-0.2, -0.15) is 0 Å². The van der Waals surface area contributed by atoms with Gasteiger partial charge in [-0.1, -0.05) is 22.0 Å². The molecule has 1 heterocycles. The van der Waals surface area contributed by atoms with Crippen LogP contribution in [0.15, 0.2) is 0 Å². The van der Waals surface area contributed by atoms with Gasteiger partial charge in [0.05, 0.1) is 0 Å². The molecule has 1 radical (unpaired) electrons. The summed E-state index contributed by atoms with van der Waals surface area (Å²) < 4.78 is 0. The molecule has 0 unspecified atom stereocenters. The maximum Gasteiger partial charge on any atom is 0.0474 e. The molecule has 1 fully saturated rings. The van der Waals surface area contributed by atoms with Crippen LogP contribution in [0.3, 0.4) is 0 Å². The number of hydrogen-bond donors (Lipinski definition) is 0. The van der Waals surface area contributed by atoms with E-state index in [0.717, 1.165) is 6.98 Å². The molecule has 1 aliphatic rings. The van der Waals surface area contributed by atoms with E-state index < -0.39 is 0 Å². The second-order valence-corrected chi connectivity index (χ2v) is 13.2. The molecule has 0 aliphatic carbocycles. The van der Waals surface area contributed by atoms with E-state index in [1.165, 1.54) is 0 Å². The topological polar surface area (TPSA) is 0 Å². The minimum atomic E-state index is 0.0113. The van der Waals surface area contributed by atoms with Gasteiger partial charge in [-0.25, -0.2) is 0 Å². The van der Waals surface area contributed by atoms with Gasteiger partial charge in [0.1, 0.15) is 0 Å². The van der Waals surface area contributed by atoms with Crippen molar-refractivity contribution < 1.29 is 0 Å². The molecule has 0 spiro atoms. The molecule has 0 nitrogen and oxygen atoms in total. The molecule has 1 aliphatic heterocycles. The lowest BCUT2D eigenvalue weighted by Crippen LogP contribution is -1.35. The third kappa shape index (κ3) is 1.29. The smallest absolute Gasteiger partial charge is 0.0474 e. The molecule has 0 saturated carbocycles. The Labute approximate surface area is 46.1 Å². The van der Waals surface area contributed by atoms with Crippen LogP contribution in [0.5, 0.6) is 0 Å². The van der Waals surface area contributed by atoms with Crippen LogP contribution in [0, 0.1) is 0 Å². The Morgan fingerprint density at radius 2 is 2.00 bits per heavy atom. The summed E-state index contributed by atoms with van der Waals surface area (Å²) in [7, 11) is 0. The Kier molecular flexibility index (Phi) is 2.00. The molecule has 0 bridgehead atoms. The summed E-state index contributed by atoms with van der Waals surface area (Å²) in [5.41, 5.74) is 0. The molecule has 0 aromatic heterocycles. The van der Waals surface area contributed by atoms with Crippen molar-refractivity contribution in [2.75, 3.05) is 0 Å². The minimum absolute atomic E-state index is 0.0113. The summed E-state index contributed by atoms with van der Waals surface area (Å²) in [4.78, 5) is 0. The zero-order valence-corrected chi connectivity index (χ0v) is 6.52. The lowest BCUT2D eigenvalue weighted by Gasteiger charge is -2.07. The minimum Gasteiger partial charge on any atom is -0.0532 e. The molecule has 29 valence electrons. The highest BCUT2D eigenvalue weighted by atomic mass is 33.7. The van der Waals surface area contributed by atoms with E-state index in [1.54, 1.807) is 0 Å². The SMILES string of the molecule is S=[P]1SPS1. The number of rotatable bonds is 0. The zero-order chi connectivity index (χ0) is 3.70. The van der Waals surface area contributed by atoms with E-state index in [9.17, 15) is 0 Å². The fourth-order valence-electron chi connectivity index (χ4n) is 0.0677. The van der Waals surface area contributed by atoms with Crippen LogP contribution >= 0.6 is 34.1 Å². The monoisotopic (exact) mass is 159 g/mol. The van der Waals surface area contributed by atoms with Crippen molar-refractivity contribution >= 4 is 45.9 Å². The van der Waals surface area contributed by atoms with Gasteiger partial charge in [0.25, 0.3) is 0 Å². The maximum absolute atomic E-state index is 4.86. The molecule has 1 saturated heterocycles. The van der Waals surface area contributed by atoms with Crippen molar-refractivity contribution in [3.8, 4) is 0 Å². The van der Waals surface area contributed by atoms with Crippen molar-refractivity contribution in [2.45, 2.75) is 0 Å². The summed E-state index contributed by atoms with van der Waals surface area (Å²) >= 11 is 8.73. The summed E-state index contributed by atoms with van der Waals surface area (Å²) in [6, 6.07) is 0. The largest absolute Gasteiger partial charge is 0.0532 e. The first kappa shape index (κ1) is 4.80. The van der Waals surface area contributed by atoms with Gasteiger partial charge in [-0.3, -0.25) is 0 Å². The molecule has 0 amide bonds. The van der Waals surface area contributed by atoms with E-state index in [1.807, 2.05) is 22.0 Å². The highest BCUT2D eigenvalue weighted by Gasteiger charge is 2.06. The predicted molar refractivity (Wildman–Crippen MR) is 37.8 cm³/mol. The average molecular weight is 159 g/mol. The van der Waals surface area contributed by atoms with Crippen LogP contribution < -0.4 is 0 Å². The third-order valence-electron chi connectivity index (χ3n) is 0.224. The van der Waals surface area contributed by atoms with Gasteiger partial charge in [0.2, 0.25) is 0 Å². The second-order valence-electron chi connectivity index (χ2n) is 0.490. The Morgan fingerprint density at radius 3 is 2.00 bits per heavy atom. The summed E-state index contributed by atoms with van der Waals surface area (Å²) in [5.74, 6) is 0. The Morgan fingerprint density at radius 1 is 1.60 bits per heavy atom.